The molecule has 0 aliphatic rings. The largest absolute Gasteiger partial charge is 0.382 e. The summed E-state index contributed by atoms with van der Waals surface area (Å²) in [4.78, 5) is 0.327. The van der Waals surface area contributed by atoms with Crippen LogP contribution in [0.1, 0.15) is 32.9 Å². The van der Waals surface area contributed by atoms with Gasteiger partial charge in [0.15, 0.2) is 0 Å². The fraction of sp³-hybridized carbons (Fsp3) is 0.714. The molecule has 0 bridgehead atoms. The molecular weight excluding hydrogens is 290 g/mol. The van der Waals surface area contributed by atoms with Gasteiger partial charge in [-0.15, -0.1) is 0 Å². The first-order valence-corrected chi connectivity index (χ1v) is 9.00. The van der Waals surface area contributed by atoms with E-state index < -0.39 is 10.0 Å². The van der Waals surface area contributed by atoms with Crippen LogP contribution in [-0.2, 0) is 27.8 Å². The lowest BCUT2D eigenvalue weighted by atomic mass is 10.4. The summed E-state index contributed by atoms with van der Waals surface area (Å²) in [6, 6.07) is 1.73. The number of sulfonamides is 1. The first-order valence-electron chi connectivity index (χ1n) is 7.52. The number of nitrogens with zero attached hydrogens (tertiary/aromatic N) is 1. The molecule has 122 valence electrons. The first kappa shape index (κ1) is 18.2. The fourth-order valence-corrected chi connectivity index (χ4v) is 3.11. The van der Waals surface area contributed by atoms with Crippen LogP contribution in [0.2, 0.25) is 0 Å². The third-order valence-corrected chi connectivity index (χ3v) is 4.56. The molecule has 0 amide bonds. The van der Waals surface area contributed by atoms with Gasteiger partial charge in [0, 0.05) is 44.7 Å². The molecule has 0 fully saturated rings. The third kappa shape index (κ3) is 5.78. The van der Waals surface area contributed by atoms with Crippen molar-refractivity contribution in [1.29, 1.82) is 0 Å². The van der Waals surface area contributed by atoms with Crippen LogP contribution < -0.4 is 10.0 Å². The highest BCUT2D eigenvalue weighted by atomic mass is 32.2. The van der Waals surface area contributed by atoms with Crippen LogP contribution >= 0.6 is 0 Å². The average Bonchev–Trinajstić information content (AvgIpc) is 2.89. The topological polar surface area (TPSA) is 72.4 Å². The molecule has 0 atom stereocenters. The second-order valence-corrected chi connectivity index (χ2v) is 6.45. The van der Waals surface area contributed by atoms with Gasteiger partial charge in [0.25, 0.3) is 0 Å². The summed E-state index contributed by atoms with van der Waals surface area (Å²) in [5, 5.41) is 3.22. The Balaban J connectivity index is 2.67. The quantitative estimate of drug-likeness (QED) is 0.604. The molecule has 1 rings (SSSR count). The van der Waals surface area contributed by atoms with Crippen molar-refractivity contribution in [3.63, 3.8) is 0 Å². The Kier molecular flexibility index (Phi) is 7.95. The fourth-order valence-electron chi connectivity index (χ4n) is 1.98. The number of rotatable bonds is 11. The van der Waals surface area contributed by atoms with Crippen LogP contribution in [0.3, 0.4) is 0 Å². The summed E-state index contributed by atoms with van der Waals surface area (Å²) in [7, 11) is -3.44. The summed E-state index contributed by atoms with van der Waals surface area (Å²) < 4.78 is 34.2. The molecule has 0 unspecified atom stereocenters. The lowest BCUT2D eigenvalue weighted by molar-refractivity contribution is 0.146. The summed E-state index contributed by atoms with van der Waals surface area (Å²) in [6.07, 6.45) is 2.36. The van der Waals surface area contributed by atoms with Gasteiger partial charge in [0.2, 0.25) is 10.0 Å². The molecule has 0 saturated carbocycles. The SMILES string of the molecule is CCNCc1cc(S(=O)(=O)NCCCOCC)cn1CC. The molecule has 7 heteroatoms. The van der Waals surface area contributed by atoms with Crippen LogP contribution in [-0.4, -0.2) is 39.3 Å². The van der Waals surface area contributed by atoms with Gasteiger partial charge in [-0.2, -0.15) is 0 Å². The summed E-state index contributed by atoms with van der Waals surface area (Å²) >= 11 is 0. The lowest BCUT2D eigenvalue weighted by Crippen LogP contribution is -2.25. The monoisotopic (exact) mass is 317 g/mol. The van der Waals surface area contributed by atoms with E-state index in [2.05, 4.69) is 10.0 Å². The molecule has 1 aromatic rings. The highest BCUT2D eigenvalue weighted by molar-refractivity contribution is 7.89. The van der Waals surface area contributed by atoms with Gasteiger partial charge >= 0.3 is 0 Å². The van der Waals surface area contributed by atoms with Crippen molar-refractivity contribution < 1.29 is 13.2 Å². The normalized spacial score (nSPS) is 12.0. The summed E-state index contributed by atoms with van der Waals surface area (Å²) in [5.74, 6) is 0. The Hall–Kier alpha value is -0.890. The standard InChI is InChI=1S/C14H27N3O3S/c1-4-15-11-13-10-14(12-17(13)5-2)21(18,19)16-8-7-9-20-6-3/h10,12,15-16H,4-9,11H2,1-3H3. The van der Waals surface area contributed by atoms with Gasteiger partial charge in [0.1, 0.15) is 0 Å². The van der Waals surface area contributed by atoms with E-state index in [1.165, 1.54) is 0 Å². The van der Waals surface area contributed by atoms with E-state index in [0.717, 1.165) is 18.8 Å². The lowest BCUT2D eigenvalue weighted by Gasteiger charge is -2.05. The molecular formula is C14H27N3O3S. The van der Waals surface area contributed by atoms with E-state index in [9.17, 15) is 8.42 Å². The van der Waals surface area contributed by atoms with Gasteiger partial charge in [0.05, 0.1) is 4.90 Å². The maximum Gasteiger partial charge on any atom is 0.242 e. The Morgan fingerprint density at radius 2 is 2.05 bits per heavy atom. The van der Waals surface area contributed by atoms with Crippen molar-refractivity contribution >= 4 is 10.0 Å². The molecule has 1 heterocycles. The van der Waals surface area contributed by atoms with E-state index >= 15 is 0 Å². The highest BCUT2D eigenvalue weighted by Crippen LogP contribution is 2.14. The van der Waals surface area contributed by atoms with E-state index in [0.29, 0.717) is 37.6 Å². The van der Waals surface area contributed by atoms with Crippen LogP contribution in [0, 0.1) is 0 Å². The molecule has 1 aromatic heterocycles. The molecule has 0 aliphatic carbocycles. The molecule has 0 aromatic carbocycles. The first-order chi connectivity index (χ1) is 10.0. The molecule has 0 spiro atoms. The minimum atomic E-state index is -3.44. The van der Waals surface area contributed by atoms with E-state index in [1.54, 1.807) is 12.3 Å². The van der Waals surface area contributed by atoms with Crippen molar-refractivity contribution in [2.24, 2.45) is 0 Å². The number of aromatic nitrogens is 1. The van der Waals surface area contributed by atoms with E-state index in [4.69, 9.17) is 4.74 Å². The molecule has 0 saturated heterocycles. The molecule has 2 N–H and O–H groups in total. The average molecular weight is 317 g/mol. The second-order valence-electron chi connectivity index (χ2n) is 4.68. The van der Waals surface area contributed by atoms with Crippen molar-refractivity contribution in [2.45, 2.75) is 45.2 Å². The number of aryl methyl sites for hydroxylation is 1. The maximum atomic E-state index is 12.2. The Labute approximate surface area is 127 Å². The van der Waals surface area contributed by atoms with Crippen molar-refractivity contribution in [3.8, 4) is 0 Å². The molecule has 0 radical (unpaired) electrons. The zero-order chi connectivity index (χ0) is 15.7. The van der Waals surface area contributed by atoms with Gasteiger partial charge in [-0.3, -0.25) is 0 Å². The van der Waals surface area contributed by atoms with Gasteiger partial charge < -0.3 is 14.6 Å². The Morgan fingerprint density at radius 3 is 2.67 bits per heavy atom. The van der Waals surface area contributed by atoms with Gasteiger partial charge in [-0.25, -0.2) is 13.1 Å². The number of nitrogens with one attached hydrogen (secondary N) is 2. The summed E-state index contributed by atoms with van der Waals surface area (Å²) in [5.41, 5.74) is 0.981. The van der Waals surface area contributed by atoms with Gasteiger partial charge in [-0.1, -0.05) is 6.92 Å². The number of ether oxygens (including phenoxy) is 1. The van der Waals surface area contributed by atoms with E-state index in [1.807, 2.05) is 25.3 Å². The Morgan fingerprint density at radius 1 is 1.29 bits per heavy atom. The van der Waals surface area contributed by atoms with Crippen LogP contribution in [0.25, 0.3) is 0 Å². The zero-order valence-electron chi connectivity index (χ0n) is 13.2. The smallest absolute Gasteiger partial charge is 0.242 e. The van der Waals surface area contributed by atoms with Gasteiger partial charge in [-0.05, 0) is 32.9 Å². The van der Waals surface area contributed by atoms with Crippen molar-refractivity contribution in [2.75, 3.05) is 26.3 Å². The van der Waals surface area contributed by atoms with Crippen LogP contribution in [0.15, 0.2) is 17.2 Å². The zero-order valence-corrected chi connectivity index (χ0v) is 14.0. The predicted molar refractivity (Wildman–Crippen MR) is 83.8 cm³/mol. The van der Waals surface area contributed by atoms with E-state index in [-0.39, 0.29) is 0 Å². The minimum Gasteiger partial charge on any atom is -0.382 e. The molecule has 6 nitrogen and oxygen atoms in total. The minimum absolute atomic E-state index is 0.327. The molecule has 0 aliphatic heterocycles. The second kappa shape index (κ2) is 9.19. The van der Waals surface area contributed by atoms with Crippen LogP contribution in [0.5, 0.6) is 0 Å². The number of hydrogen-bond donors (Lipinski definition) is 2. The third-order valence-electron chi connectivity index (χ3n) is 3.13. The summed E-state index contributed by atoms with van der Waals surface area (Å²) in [6.45, 7) is 9.84. The van der Waals surface area contributed by atoms with Crippen molar-refractivity contribution in [3.05, 3.63) is 18.0 Å². The number of hydrogen-bond acceptors (Lipinski definition) is 4. The van der Waals surface area contributed by atoms with Crippen LogP contribution in [0.4, 0.5) is 0 Å². The molecule has 21 heavy (non-hydrogen) atoms. The highest BCUT2D eigenvalue weighted by Gasteiger charge is 2.17. The van der Waals surface area contributed by atoms with Crippen molar-refractivity contribution in [1.82, 2.24) is 14.6 Å². The maximum absolute atomic E-state index is 12.2. The Bertz CT molecular complexity index is 512. The predicted octanol–water partition coefficient (Wildman–Crippen LogP) is 1.32.